The van der Waals surface area contributed by atoms with E-state index in [1.165, 1.54) is 19.5 Å². The van der Waals surface area contributed by atoms with E-state index in [9.17, 15) is 0 Å². The summed E-state index contributed by atoms with van der Waals surface area (Å²) in [5.74, 6) is 0. The lowest BCUT2D eigenvalue weighted by molar-refractivity contribution is -0.0414. The molecule has 158 valence electrons. The van der Waals surface area contributed by atoms with Crippen LogP contribution in [-0.2, 0) is 0 Å². The van der Waals surface area contributed by atoms with Crippen molar-refractivity contribution in [1.82, 2.24) is 4.90 Å². The molecule has 0 aromatic rings. The van der Waals surface area contributed by atoms with Gasteiger partial charge in [0, 0.05) is 18.6 Å². The summed E-state index contributed by atoms with van der Waals surface area (Å²) >= 11 is 0. The fourth-order valence-electron chi connectivity index (χ4n) is 12.3. The highest BCUT2D eigenvalue weighted by atomic mass is 15.4. The predicted molar refractivity (Wildman–Crippen MR) is 115 cm³/mol. The molecule has 9 rings (SSSR count). The van der Waals surface area contributed by atoms with E-state index in [1.807, 2.05) is 0 Å². The van der Waals surface area contributed by atoms with Crippen LogP contribution in [0.25, 0.3) is 0 Å². The smallest absolute Gasteiger partial charge is 0.0273 e. The summed E-state index contributed by atoms with van der Waals surface area (Å²) in [6, 6.07) is 0. The molecule has 0 spiro atoms. The van der Waals surface area contributed by atoms with Gasteiger partial charge in [0.2, 0.25) is 0 Å². The van der Waals surface area contributed by atoms with Crippen molar-refractivity contribution in [2.24, 2.45) is 37.9 Å². The zero-order valence-electron chi connectivity index (χ0n) is 18.9. The molecule has 0 atom stereocenters. The van der Waals surface area contributed by atoms with Crippen molar-refractivity contribution >= 4 is 0 Å². The first-order valence-electron chi connectivity index (χ1n) is 13.8. The molecular weight excluding hydrogens is 350 g/mol. The molecule has 8 saturated carbocycles. The zero-order valence-corrected chi connectivity index (χ0v) is 18.9. The normalized spacial score (nSPS) is 43.8. The van der Waals surface area contributed by atoms with Gasteiger partial charge in [-0.2, -0.15) is 0 Å². The van der Waals surface area contributed by atoms with Gasteiger partial charge in [-0.1, -0.05) is 6.92 Å². The quantitative estimate of drug-likeness (QED) is 0.395. The summed E-state index contributed by atoms with van der Waals surface area (Å²) in [6.45, 7) is 5.45. The first-order valence-corrected chi connectivity index (χ1v) is 13.8. The summed E-state index contributed by atoms with van der Waals surface area (Å²) in [7, 11) is 0. The summed E-state index contributed by atoms with van der Waals surface area (Å²) in [4.78, 5) is 2.96. The minimum Gasteiger partial charge on any atom is -0.295 e. The Morgan fingerprint density at radius 3 is 1.10 bits per heavy atom. The van der Waals surface area contributed by atoms with Crippen LogP contribution in [0.15, 0.2) is 0 Å². The fourth-order valence-corrected chi connectivity index (χ4v) is 12.3. The monoisotopic (exact) mass is 391 g/mol. The largest absolute Gasteiger partial charge is 0.295 e. The summed E-state index contributed by atoms with van der Waals surface area (Å²) < 4.78 is 0. The third kappa shape index (κ3) is 1.43. The Morgan fingerprint density at radius 1 is 0.448 bits per heavy atom. The van der Waals surface area contributed by atoms with Crippen LogP contribution in [0.2, 0.25) is 0 Å². The van der Waals surface area contributed by atoms with E-state index in [0.717, 1.165) is 43.4 Å². The molecule has 1 heteroatoms. The molecule has 9 fully saturated rings. The molecule has 1 aliphatic heterocycles. The van der Waals surface area contributed by atoms with Crippen LogP contribution in [0.5, 0.6) is 0 Å². The van der Waals surface area contributed by atoms with E-state index < -0.39 is 0 Å². The molecular formula is C28H41N. The number of rotatable bonds is 9. The van der Waals surface area contributed by atoms with Gasteiger partial charge in [0.1, 0.15) is 0 Å². The Kier molecular flexibility index (Phi) is 2.37. The van der Waals surface area contributed by atoms with Gasteiger partial charge in [0.15, 0.2) is 0 Å². The lowest BCUT2D eigenvalue weighted by Gasteiger charge is -2.51. The maximum absolute atomic E-state index is 2.96. The van der Waals surface area contributed by atoms with Gasteiger partial charge in [-0.3, -0.25) is 4.90 Å². The van der Waals surface area contributed by atoms with Crippen LogP contribution >= 0.6 is 0 Å². The molecule has 0 unspecified atom stereocenters. The van der Waals surface area contributed by atoms with Crippen LogP contribution in [-0.4, -0.2) is 23.5 Å². The van der Waals surface area contributed by atoms with Crippen LogP contribution in [0, 0.1) is 37.9 Å². The molecule has 0 amide bonds. The van der Waals surface area contributed by atoms with E-state index in [0.29, 0.717) is 0 Å². The lowest BCUT2D eigenvalue weighted by atomic mass is 9.53. The van der Waals surface area contributed by atoms with Crippen molar-refractivity contribution in [2.75, 3.05) is 13.1 Å². The molecule has 0 N–H and O–H groups in total. The Morgan fingerprint density at radius 2 is 0.828 bits per heavy atom. The maximum Gasteiger partial charge on any atom is 0.0273 e. The second-order valence-electron chi connectivity index (χ2n) is 14.1. The van der Waals surface area contributed by atoms with Gasteiger partial charge in [0.25, 0.3) is 0 Å². The Bertz CT molecular complexity index is 812. The highest BCUT2D eigenvalue weighted by Gasteiger charge is 2.93. The van der Waals surface area contributed by atoms with E-state index >= 15 is 0 Å². The van der Waals surface area contributed by atoms with Gasteiger partial charge < -0.3 is 0 Å². The first-order chi connectivity index (χ1) is 14.1. The number of hydrogen-bond acceptors (Lipinski definition) is 1. The maximum atomic E-state index is 2.96. The molecule has 0 radical (unpaired) electrons. The minimum atomic E-state index is 0.726. The number of hydrogen-bond donors (Lipinski definition) is 0. The topological polar surface area (TPSA) is 3.01 Å². The van der Waals surface area contributed by atoms with E-state index in [-0.39, 0.29) is 0 Å². The molecule has 0 aromatic heterocycles. The average Bonchev–Trinajstić information content (AvgIpc) is 3.64. The van der Waals surface area contributed by atoms with E-state index in [2.05, 4.69) is 11.8 Å². The highest BCUT2D eigenvalue weighted by molar-refractivity contribution is 5.43. The molecule has 9 aliphatic rings. The summed E-state index contributed by atoms with van der Waals surface area (Å²) in [6.07, 6.45) is 27.6. The Hall–Kier alpha value is -0.0400. The van der Waals surface area contributed by atoms with Crippen LogP contribution in [0.4, 0.5) is 0 Å². The number of nitrogens with zero attached hydrogens (tertiary/aromatic N) is 1. The van der Waals surface area contributed by atoms with E-state index in [1.54, 1.807) is 103 Å². The SMILES string of the molecule is CCC1(C2(C3(C4(C5(C6(C7(C8(N9CC9)CC8)CC7)CC6)CC5)CC4)CC3)CC2)CC1. The van der Waals surface area contributed by atoms with Gasteiger partial charge in [-0.05, 0) is 147 Å². The molecule has 0 aromatic carbocycles. The molecule has 1 nitrogen and oxygen atoms in total. The van der Waals surface area contributed by atoms with Gasteiger partial charge in [0.05, 0.1) is 0 Å². The van der Waals surface area contributed by atoms with Crippen molar-refractivity contribution in [1.29, 1.82) is 0 Å². The van der Waals surface area contributed by atoms with Crippen molar-refractivity contribution < 1.29 is 0 Å². The minimum absolute atomic E-state index is 0.726. The lowest BCUT2D eigenvalue weighted by Crippen LogP contribution is -2.49. The van der Waals surface area contributed by atoms with Crippen molar-refractivity contribution in [3.63, 3.8) is 0 Å². The molecule has 0 bridgehead atoms. The molecule has 1 saturated heterocycles. The predicted octanol–water partition coefficient (Wildman–Crippen LogP) is 6.71. The highest BCUT2D eigenvalue weighted by Crippen LogP contribution is 3.00. The molecule has 1 heterocycles. The molecule has 29 heavy (non-hydrogen) atoms. The standard InChI is InChI=1S/C28H41N/c1-2-21(3-4-21)22(5-6-22)23(7-8-23)24(9-10-24)25(11-12-25)26(13-14-26)27(15-16-27)28(17-18-28)29-19-20-29/h2-20H2,1H3. The third-order valence-corrected chi connectivity index (χ3v) is 14.3. The fraction of sp³-hybridized carbons (Fsp3) is 1.00. The van der Waals surface area contributed by atoms with E-state index in [4.69, 9.17) is 0 Å². The van der Waals surface area contributed by atoms with Gasteiger partial charge in [-0.25, -0.2) is 0 Å². The van der Waals surface area contributed by atoms with Crippen LogP contribution in [0.1, 0.15) is 116 Å². The van der Waals surface area contributed by atoms with Crippen LogP contribution in [0.3, 0.4) is 0 Å². The van der Waals surface area contributed by atoms with Crippen molar-refractivity contribution in [3.8, 4) is 0 Å². The van der Waals surface area contributed by atoms with Crippen molar-refractivity contribution in [3.05, 3.63) is 0 Å². The first kappa shape index (κ1) is 16.6. The Labute approximate surface area is 177 Å². The second kappa shape index (κ2) is 4.15. The van der Waals surface area contributed by atoms with Crippen LogP contribution < -0.4 is 0 Å². The molecule has 8 aliphatic carbocycles. The average molecular weight is 392 g/mol. The summed E-state index contributed by atoms with van der Waals surface area (Å²) in [5, 5.41) is 0. The second-order valence-corrected chi connectivity index (χ2v) is 14.1. The van der Waals surface area contributed by atoms with Gasteiger partial charge in [-0.15, -0.1) is 0 Å². The third-order valence-electron chi connectivity index (χ3n) is 14.3. The van der Waals surface area contributed by atoms with Crippen molar-refractivity contribution in [2.45, 2.75) is 122 Å². The summed E-state index contributed by atoms with van der Waals surface area (Å²) in [5.41, 5.74) is 6.52. The van der Waals surface area contributed by atoms with Gasteiger partial charge >= 0.3 is 0 Å². The zero-order chi connectivity index (χ0) is 19.0. The Balaban J connectivity index is 1.15.